The number of hydrogen-bond acceptors (Lipinski definition) is 1. The lowest BCUT2D eigenvalue weighted by molar-refractivity contribution is -0.117. The number of nitrogens with zero attached hydrogens (tertiary/aromatic N) is 1. The number of carbonyl (C=O) groups excluding carboxylic acids is 1. The topological polar surface area (TPSA) is 20.3 Å². The summed E-state index contributed by atoms with van der Waals surface area (Å²) in [5.41, 5.74) is 0.789. The highest BCUT2D eigenvalue weighted by Gasteiger charge is 2.31. The number of benzene rings is 1. The van der Waals surface area contributed by atoms with Crippen molar-refractivity contribution < 1.29 is 4.79 Å². The number of anilines is 1. The molecule has 0 spiro atoms. The van der Waals surface area contributed by atoms with E-state index in [1.165, 1.54) is 0 Å². The molecule has 0 saturated carbocycles. The van der Waals surface area contributed by atoms with Crippen molar-refractivity contribution in [2.45, 2.75) is 11.8 Å². The van der Waals surface area contributed by atoms with Crippen LogP contribution in [0.4, 0.5) is 5.69 Å². The van der Waals surface area contributed by atoms with Crippen LogP contribution < -0.4 is 4.90 Å². The summed E-state index contributed by atoms with van der Waals surface area (Å²) in [5.74, 6) is 0.0312. The van der Waals surface area contributed by atoms with Gasteiger partial charge in [-0.2, -0.15) is 0 Å². The van der Waals surface area contributed by atoms with Crippen molar-refractivity contribution in [3.8, 4) is 0 Å². The van der Waals surface area contributed by atoms with Crippen LogP contribution in [0.1, 0.15) is 6.42 Å². The van der Waals surface area contributed by atoms with Crippen molar-refractivity contribution in [2.75, 3.05) is 11.4 Å². The van der Waals surface area contributed by atoms with Crippen LogP contribution in [0.3, 0.4) is 0 Å². The number of carbonyl (C=O) groups is 1. The van der Waals surface area contributed by atoms with E-state index in [0.29, 0.717) is 18.0 Å². The first-order valence-corrected chi connectivity index (χ1v) is 6.98. The Labute approximate surface area is 120 Å². The molecule has 1 aliphatic heterocycles. The van der Waals surface area contributed by atoms with Gasteiger partial charge in [0.05, 0.1) is 11.1 Å². The van der Waals surface area contributed by atoms with Crippen LogP contribution in [0.15, 0.2) is 21.1 Å². The molecule has 1 saturated heterocycles. The van der Waals surface area contributed by atoms with Gasteiger partial charge in [-0.25, -0.2) is 0 Å². The number of halogens is 4. The molecule has 1 fully saturated rings. The molecule has 1 atom stereocenters. The maximum atomic E-state index is 11.7. The molecule has 1 aromatic carbocycles. The third kappa shape index (κ3) is 2.40. The molecule has 0 aliphatic carbocycles. The van der Waals surface area contributed by atoms with E-state index in [1.54, 1.807) is 17.0 Å². The van der Waals surface area contributed by atoms with Gasteiger partial charge in [0, 0.05) is 26.9 Å². The summed E-state index contributed by atoms with van der Waals surface area (Å²) in [6.45, 7) is 0.527. The van der Waals surface area contributed by atoms with Crippen molar-refractivity contribution in [1.82, 2.24) is 0 Å². The second-order valence-electron chi connectivity index (χ2n) is 3.52. The van der Waals surface area contributed by atoms with Crippen LogP contribution in [0, 0.1) is 0 Å². The predicted octanol–water partition coefficient (Wildman–Crippen LogP) is 4.21. The van der Waals surface area contributed by atoms with E-state index in [-0.39, 0.29) is 11.3 Å². The van der Waals surface area contributed by atoms with E-state index in [4.69, 9.17) is 23.2 Å². The first-order valence-electron chi connectivity index (χ1n) is 4.58. The van der Waals surface area contributed by atoms with Crippen molar-refractivity contribution >= 4 is 66.7 Å². The molecule has 0 N–H and O–H groups in total. The van der Waals surface area contributed by atoms with Crippen molar-refractivity contribution in [2.24, 2.45) is 0 Å². The zero-order valence-corrected chi connectivity index (χ0v) is 12.7. The van der Waals surface area contributed by atoms with Gasteiger partial charge in [-0.05, 0) is 44.0 Å². The molecule has 16 heavy (non-hydrogen) atoms. The van der Waals surface area contributed by atoms with Gasteiger partial charge in [-0.3, -0.25) is 4.79 Å². The first kappa shape index (κ1) is 12.7. The average Bonchev–Trinajstić information content (AvgIpc) is 2.43. The van der Waals surface area contributed by atoms with Gasteiger partial charge in [-0.15, -0.1) is 11.6 Å². The molecular formula is C10H7Br2Cl2NO. The molecule has 0 bridgehead atoms. The van der Waals surface area contributed by atoms with Crippen LogP contribution in [0.5, 0.6) is 0 Å². The lowest BCUT2D eigenvalue weighted by atomic mass is 10.3. The van der Waals surface area contributed by atoms with Crippen LogP contribution in [-0.4, -0.2) is 17.8 Å². The third-order valence-corrected chi connectivity index (χ3v) is 4.05. The quantitative estimate of drug-likeness (QED) is 0.661. The fourth-order valence-corrected chi connectivity index (χ4v) is 4.04. The summed E-state index contributed by atoms with van der Waals surface area (Å²) < 4.78 is 1.57. The third-order valence-electron chi connectivity index (χ3n) is 2.33. The van der Waals surface area contributed by atoms with Gasteiger partial charge in [0.1, 0.15) is 0 Å². The predicted molar refractivity (Wildman–Crippen MR) is 73.5 cm³/mol. The van der Waals surface area contributed by atoms with Crippen LogP contribution in [0.25, 0.3) is 0 Å². The van der Waals surface area contributed by atoms with Crippen LogP contribution >= 0.6 is 55.1 Å². The van der Waals surface area contributed by atoms with Gasteiger partial charge in [-0.1, -0.05) is 11.6 Å². The standard InChI is InChI=1S/C10H7Br2Cl2NO/c11-7-1-5(13)2-8(12)10(7)15-4-6(14)3-9(15)16/h1-2,6H,3-4H2. The SMILES string of the molecule is O=C1CC(Cl)CN1c1c(Br)cc(Cl)cc1Br. The molecular weight excluding hydrogens is 381 g/mol. The Hall–Kier alpha value is 0.230. The van der Waals surface area contributed by atoms with Crippen LogP contribution in [0.2, 0.25) is 5.02 Å². The Morgan fingerprint density at radius 2 is 1.88 bits per heavy atom. The largest absolute Gasteiger partial charge is 0.309 e. The highest BCUT2D eigenvalue weighted by Crippen LogP contribution is 2.39. The lowest BCUT2D eigenvalue weighted by Gasteiger charge is -2.19. The molecule has 1 aromatic rings. The minimum Gasteiger partial charge on any atom is -0.309 e. The molecule has 86 valence electrons. The van der Waals surface area contributed by atoms with E-state index in [9.17, 15) is 4.79 Å². The number of hydrogen-bond donors (Lipinski definition) is 0. The van der Waals surface area contributed by atoms with E-state index < -0.39 is 0 Å². The summed E-state index contributed by atoms with van der Waals surface area (Å²) in [5, 5.41) is 0.485. The monoisotopic (exact) mass is 385 g/mol. The minimum absolute atomic E-state index is 0.0312. The molecule has 1 heterocycles. The van der Waals surface area contributed by atoms with E-state index in [2.05, 4.69) is 31.9 Å². The second-order valence-corrected chi connectivity index (χ2v) is 6.29. The van der Waals surface area contributed by atoms with Gasteiger partial charge in [0.15, 0.2) is 0 Å². The molecule has 1 amide bonds. The minimum atomic E-state index is -0.123. The number of alkyl halides is 1. The molecule has 2 nitrogen and oxygen atoms in total. The Morgan fingerprint density at radius 3 is 2.31 bits per heavy atom. The molecule has 2 rings (SSSR count). The molecule has 0 aromatic heterocycles. The van der Waals surface area contributed by atoms with Crippen molar-refractivity contribution in [3.05, 3.63) is 26.1 Å². The number of amides is 1. The van der Waals surface area contributed by atoms with Gasteiger partial charge < -0.3 is 4.90 Å². The second kappa shape index (κ2) is 4.84. The Kier molecular flexibility index (Phi) is 3.84. The maximum Gasteiger partial charge on any atom is 0.228 e. The van der Waals surface area contributed by atoms with E-state index in [0.717, 1.165) is 14.6 Å². The number of rotatable bonds is 1. The Bertz CT molecular complexity index is 429. The Morgan fingerprint density at radius 1 is 1.31 bits per heavy atom. The maximum absolute atomic E-state index is 11.7. The summed E-state index contributed by atoms with van der Waals surface area (Å²) in [7, 11) is 0. The fourth-order valence-electron chi connectivity index (χ4n) is 1.67. The van der Waals surface area contributed by atoms with E-state index >= 15 is 0 Å². The summed E-state index contributed by atoms with van der Waals surface area (Å²) in [4.78, 5) is 13.4. The lowest BCUT2D eigenvalue weighted by Crippen LogP contribution is -2.25. The summed E-state index contributed by atoms with van der Waals surface area (Å²) in [6.07, 6.45) is 0.378. The van der Waals surface area contributed by atoms with Crippen molar-refractivity contribution in [3.63, 3.8) is 0 Å². The average molecular weight is 388 g/mol. The zero-order chi connectivity index (χ0) is 11.9. The molecule has 6 heteroatoms. The first-order chi connectivity index (χ1) is 7.49. The van der Waals surface area contributed by atoms with Gasteiger partial charge in [0.2, 0.25) is 5.91 Å². The van der Waals surface area contributed by atoms with Crippen LogP contribution in [-0.2, 0) is 4.79 Å². The summed E-state index contributed by atoms with van der Waals surface area (Å²) >= 11 is 18.7. The molecule has 1 unspecified atom stereocenters. The van der Waals surface area contributed by atoms with Crippen molar-refractivity contribution in [1.29, 1.82) is 0 Å². The molecule has 1 aliphatic rings. The molecule has 0 radical (unpaired) electrons. The zero-order valence-electron chi connectivity index (χ0n) is 8.01. The van der Waals surface area contributed by atoms with Gasteiger partial charge >= 0.3 is 0 Å². The van der Waals surface area contributed by atoms with E-state index in [1.807, 2.05) is 0 Å². The fraction of sp³-hybridized carbons (Fsp3) is 0.300. The Balaban J connectivity index is 2.44. The summed E-state index contributed by atoms with van der Waals surface area (Å²) in [6, 6.07) is 3.52. The normalized spacial score (nSPS) is 20.6. The highest BCUT2D eigenvalue weighted by molar-refractivity contribution is 9.11. The van der Waals surface area contributed by atoms with Gasteiger partial charge in [0.25, 0.3) is 0 Å². The smallest absolute Gasteiger partial charge is 0.228 e. The highest BCUT2D eigenvalue weighted by atomic mass is 79.9.